The zero-order valence-corrected chi connectivity index (χ0v) is 12.7. The molecule has 0 N–H and O–H groups in total. The number of aromatic nitrogens is 3. The van der Waals surface area contributed by atoms with E-state index < -0.39 is 0 Å². The van der Waals surface area contributed by atoms with Crippen molar-refractivity contribution in [3.63, 3.8) is 0 Å². The summed E-state index contributed by atoms with van der Waals surface area (Å²) < 4.78 is 7.09. The van der Waals surface area contributed by atoms with Crippen molar-refractivity contribution in [2.24, 2.45) is 0 Å². The van der Waals surface area contributed by atoms with Gasteiger partial charge in [-0.15, -0.1) is 5.10 Å². The van der Waals surface area contributed by atoms with Crippen LogP contribution in [-0.4, -0.2) is 46.0 Å². The van der Waals surface area contributed by atoms with Crippen molar-refractivity contribution in [1.82, 2.24) is 19.9 Å². The Morgan fingerprint density at radius 2 is 2.18 bits per heavy atom. The predicted molar refractivity (Wildman–Crippen MR) is 81.6 cm³/mol. The number of likely N-dealkylation sites (tertiary alicyclic amines) is 1. The highest BCUT2D eigenvalue weighted by atomic mass is 16.5. The van der Waals surface area contributed by atoms with E-state index in [-0.39, 0.29) is 5.91 Å². The fourth-order valence-corrected chi connectivity index (χ4v) is 2.86. The van der Waals surface area contributed by atoms with Crippen molar-refractivity contribution in [2.45, 2.75) is 25.3 Å². The van der Waals surface area contributed by atoms with Crippen LogP contribution >= 0.6 is 0 Å². The molecule has 1 aliphatic rings. The Hall–Kier alpha value is -2.37. The Balaban J connectivity index is 1.55. The molecule has 0 atom stereocenters. The van der Waals surface area contributed by atoms with Gasteiger partial charge in [-0.2, -0.15) is 0 Å². The largest absolute Gasteiger partial charge is 0.497 e. The average molecular weight is 300 g/mol. The second kappa shape index (κ2) is 6.60. The van der Waals surface area contributed by atoms with Crippen LogP contribution in [0.15, 0.2) is 36.7 Å². The van der Waals surface area contributed by atoms with E-state index in [0.717, 1.165) is 37.2 Å². The third-order valence-electron chi connectivity index (χ3n) is 4.12. The molecule has 3 rings (SSSR count). The summed E-state index contributed by atoms with van der Waals surface area (Å²) >= 11 is 0. The van der Waals surface area contributed by atoms with Gasteiger partial charge in [-0.1, -0.05) is 17.3 Å². The van der Waals surface area contributed by atoms with E-state index in [4.69, 9.17) is 4.74 Å². The SMILES string of the molecule is COc1cccc(CC(=O)N2CCC(n3ccnn3)CC2)c1. The van der Waals surface area contributed by atoms with Crippen LogP contribution in [-0.2, 0) is 11.2 Å². The van der Waals surface area contributed by atoms with Crippen molar-refractivity contribution < 1.29 is 9.53 Å². The highest BCUT2D eigenvalue weighted by Gasteiger charge is 2.24. The maximum atomic E-state index is 12.4. The van der Waals surface area contributed by atoms with Crippen molar-refractivity contribution in [3.05, 3.63) is 42.2 Å². The van der Waals surface area contributed by atoms with Crippen LogP contribution in [0, 0.1) is 0 Å². The lowest BCUT2D eigenvalue weighted by Crippen LogP contribution is -2.40. The van der Waals surface area contributed by atoms with Gasteiger partial charge in [0.1, 0.15) is 5.75 Å². The Morgan fingerprint density at radius 3 is 2.86 bits per heavy atom. The first kappa shape index (κ1) is 14.6. The first-order valence-electron chi connectivity index (χ1n) is 7.53. The lowest BCUT2D eigenvalue weighted by Gasteiger charge is -2.32. The maximum absolute atomic E-state index is 12.4. The molecule has 0 aliphatic carbocycles. The van der Waals surface area contributed by atoms with Gasteiger partial charge in [0.2, 0.25) is 5.91 Å². The van der Waals surface area contributed by atoms with Crippen LogP contribution in [0.1, 0.15) is 24.4 Å². The van der Waals surface area contributed by atoms with Crippen LogP contribution in [0.5, 0.6) is 5.75 Å². The first-order valence-corrected chi connectivity index (χ1v) is 7.53. The van der Waals surface area contributed by atoms with Crippen molar-refractivity contribution in [3.8, 4) is 5.75 Å². The Kier molecular flexibility index (Phi) is 4.37. The summed E-state index contributed by atoms with van der Waals surface area (Å²) in [6, 6.07) is 8.03. The molecule has 1 amide bonds. The molecule has 1 aromatic carbocycles. The van der Waals surface area contributed by atoms with E-state index in [9.17, 15) is 4.79 Å². The molecule has 2 heterocycles. The van der Waals surface area contributed by atoms with Gasteiger partial charge in [0.05, 0.1) is 25.8 Å². The number of nitrogens with zero attached hydrogens (tertiary/aromatic N) is 4. The van der Waals surface area contributed by atoms with E-state index in [1.165, 1.54) is 0 Å². The van der Waals surface area contributed by atoms with Crippen molar-refractivity contribution in [1.29, 1.82) is 0 Å². The molecule has 6 nitrogen and oxygen atoms in total. The number of amides is 1. The molecule has 2 aromatic rings. The topological polar surface area (TPSA) is 60.2 Å². The van der Waals surface area contributed by atoms with Gasteiger partial charge in [0, 0.05) is 19.3 Å². The number of hydrogen-bond donors (Lipinski definition) is 0. The molecule has 0 radical (unpaired) electrons. The molecular weight excluding hydrogens is 280 g/mol. The van der Waals surface area contributed by atoms with Gasteiger partial charge in [-0.3, -0.25) is 4.79 Å². The van der Waals surface area contributed by atoms with Crippen LogP contribution in [0.3, 0.4) is 0 Å². The van der Waals surface area contributed by atoms with E-state index in [0.29, 0.717) is 12.5 Å². The number of hydrogen-bond acceptors (Lipinski definition) is 4. The summed E-state index contributed by atoms with van der Waals surface area (Å²) in [6.07, 6.45) is 5.85. The summed E-state index contributed by atoms with van der Waals surface area (Å²) in [5.74, 6) is 0.959. The molecular formula is C16H20N4O2. The van der Waals surface area contributed by atoms with Crippen molar-refractivity contribution in [2.75, 3.05) is 20.2 Å². The molecule has 6 heteroatoms. The molecule has 0 spiro atoms. The predicted octanol–water partition coefficient (Wildman–Crippen LogP) is 1.69. The third kappa shape index (κ3) is 3.27. The molecule has 22 heavy (non-hydrogen) atoms. The number of benzene rings is 1. The van der Waals surface area contributed by atoms with E-state index >= 15 is 0 Å². The number of carbonyl (C=O) groups excluding carboxylic acids is 1. The number of piperidine rings is 1. The van der Waals surface area contributed by atoms with E-state index in [2.05, 4.69) is 10.3 Å². The highest BCUT2D eigenvalue weighted by molar-refractivity contribution is 5.79. The maximum Gasteiger partial charge on any atom is 0.226 e. The summed E-state index contributed by atoms with van der Waals surface area (Å²) in [6.45, 7) is 1.54. The highest BCUT2D eigenvalue weighted by Crippen LogP contribution is 2.22. The second-order valence-corrected chi connectivity index (χ2v) is 5.52. The van der Waals surface area contributed by atoms with Crippen LogP contribution in [0.4, 0.5) is 0 Å². The molecule has 1 aliphatic heterocycles. The zero-order valence-electron chi connectivity index (χ0n) is 12.7. The molecule has 1 fully saturated rings. The van der Waals surface area contributed by atoms with E-state index in [1.807, 2.05) is 40.0 Å². The number of carbonyl (C=O) groups is 1. The molecule has 0 unspecified atom stereocenters. The summed E-state index contributed by atoms with van der Waals surface area (Å²) in [7, 11) is 1.63. The Bertz CT molecular complexity index is 619. The van der Waals surface area contributed by atoms with Gasteiger partial charge in [-0.25, -0.2) is 4.68 Å². The smallest absolute Gasteiger partial charge is 0.226 e. The van der Waals surface area contributed by atoms with Gasteiger partial charge < -0.3 is 9.64 Å². The number of methoxy groups -OCH3 is 1. The minimum Gasteiger partial charge on any atom is -0.497 e. The fourth-order valence-electron chi connectivity index (χ4n) is 2.86. The monoisotopic (exact) mass is 300 g/mol. The number of ether oxygens (including phenoxy) is 1. The summed E-state index contributed by atoms with van der Waals surface area (Å²) in [5, 5.41) is 7.89. The van der Waals surface area contributed by atoms with Crippen LogP contribution < -0.4 is 4.74 Å². The molecule has 0 saturated carbocycles. The lowest BCUT2D eigenvalue weighted by atomic mass is 10.0. The van der Waals surface area contributed by atoms with E-state index in [1.54, 1.807) is 13.3 Å². The molecule has 0 bridgehead atoms. The quantitative estimate of drug-likeness (QED) is 0.862. The minimum absolute atomic E-state index is 0.172. The number of rotatable bonds is 4. The lowest BCUT2D eigenvalue weighted by molar-refractivity contribution is -0.131. The normalized spacial score (nSPS) is 15.8. The summed E-state index contributed by atoms with van der Waals surface area (Å²) in [4.78, 5) is 14.3. The Labute approximate surface area is 129 Å². The summed E-state index contributed by atoms with van der Waals surface area (Å²) in [5.41, 5.74) is 0.989. The standard InChI is InChI=1S/C16H20N4O2/c1-22-15-4-2-3-13(11-15)12-16(21)19-8-5-14(6-9-19)20-10-7-17-18-20/h2-4,7,10-11,14H,5-6,8-9,12H2,1H3. The average Bonchev–Trinajstić information content (AvgIpc) is 3.09. The van der Waals surface area contributed by atoms with Gasteiger partial charge in [-0.05, 0) is 30.5 Å². The van der Waals surface area contributed by atoms with Crippen LogP contribution in [0.2, 0.25) is 0 Å². The third-order valence-corrected chi connectivity index (χ3v) is 4.12. The molecule has 116 valence electrons. The van der Waals surface area contributed by atoms with Crippen molar-refractivity contribution >= 4 is 5.91 Å². The van der Waals surface area contributed by atoms with Gasteiger partial charge in [0.25, 0.3) is 0 Å². The first-order chi connectivity index (χ1) is 10.8. The van der Waals surface area contributed by atoms with Gasteiger partial charge in [0.15, 0.2) is 0 Å². The zero-order chi connectivity index (χ0) is 15.4. The Morgan fingerprint density at radius 1 is 1.36 bits per heavy atom. The van der Waals surface area contributed by atoms with Crippen LogP contribution in [0.25, 0.3) is 0 Å². The van der Waals surface area contributed by atoms with Gasteiger partial charge >= 0.3 is 0 Å². The molecule has 1 saturated heterocycles. The fraction of sp³-hybridized carbons (Fsp3) is 0.438. The molecule has 1 aromatic heterocycles. The second-order valence-electron chi connectivity index (χ2n) is 5.52. The minimum atomic E-state index is 0.172.